The summed E-state index contributed by atoms with van der Waals surface area (Å²) in [5, 5.41) is 19.8. The van der Waals surface area contributed by atoms with Gasteiger partial charge in [-0.1, -0.05) is 30.8 Å². The van der Waals surface area contributed by atoms with Crippen molar-refractivity contribution in [1.29, 1.82) is 0 Å². The number of hydrogen-bond acceptors (Lipinski definition) is 7. The third-order valence-corrected chi connectivity index (χ3v) is 6.99. The van der Waals surface area contributed by atoms with E-state index >= 15 is 0 Å². The average molecular weight is 478 g/mol. The van der Waals surface area contributed by atoms with Gasteiger partial charge in [0.2, 0.25) is 5.88 Å². The highest BCUT2D eigenvalue weighted by molar-refractivity contribution is 8.01. The minimum absolute atomic E-state index is 0.0576. The standard InChI is InChI=1S/C22H18F3N3O2S2/c1-3-31-21-27-20(29)19(32-21)16(12-5-7-18-14(8-12)11-26-28-18)9-13-4-6-15(30-2)10-17(13)22(23,24)25/h4-8,10-11,29H,3,9H2,1-2H3. The molecule has 10 heteroatoms. The number of thiazole rings is 1. The van der Waals surface area contributed by atoms with Gasteiger partial charge in [0, 0.05) is 12.0 Å². The van der Waals surface area contributed by atoms with Crippen LogP contribution in [0.4, 0.5) is 13.2 Å². The van der Waals surface area contributed by atoms with E-state index in [-0.39, 0.29) is 23.6 Å². The van der Waals surface area contributed by atoms with E-state index in [1.807, 2.05) is 13.0 Å². The van der Waals surface area contributed by atoms with Gasteiger partial charge >= 0.3 is 6.18 Å². The van der Waals surface area contributed by atoms with Crippen molar-refractivity contribution >= 4 is 34.9 Å². The smallest absolute Gasteiger partial charge is 0.416 e. The Morgan fingerprint density at radius 2 is 2.00 bits per heavy atom. The molecule has 3 aromatic rings. The van der Waals surface area contributed by atoms with Crippen molar-refractivity contribution < 1.29 is 23.0 Å². The maximum atomic E-state index is 13.8. The molecule has 0 bridgehead atoms. The van der Waals surface area contributed by atoms with Crippen molar-refractivity contribution in [1.82, 2.24) is 4.98 Å². The summed E-state index contributed by atoms with van der Waals surface area (Å²) in [5.74, 6) is 0.692. The monoisotopic (exact) mass is 477 g/mol. The molecule has 0 unspecified atom stereocenters. The van der Waals surface area contributed by atoms with E-state index in [0.29, 0.717) is 25.4 Å². The molecule has 1 aliphatic rings. The van der Waals surface area contributed by atoms with Crippen molar-refractivity contribution in [3.8, 4) is 11.6 Å². The van der Waals surface area contributed by atoms with Gasteiger partial charge in [-0.2, -0.15) is 28.4 Å². The van der Waals surface area contributed by atoms with E-state index in [1.165, 1.54) is 42.3 Å². The highest BCUT2D eigenvalue weighted by Gasteiger charge is 2.34. The fourth-order valence-corrected chi connectivity index (χ4v) is 5.36. The number of ether oxygens (including phenoxy) is 1. The lowest BCUT2D eigenvalue weighted by molar-refractivity contribution is -0.138. The highest BCUT2D eigenvalue weighted by atomic mass is 32.2. The Kier molecular flexibility index (Phi) is 6.25. The summed E-state index contributed by atoms with van der Waals surface area (Å²) in [7, 11) is 1.33. The number of methoxy groups -OCH3 is 1. The van der Waals surface area contributed by atoms with E-state index in [0.717, 1.165) is 17.4 Å². The molecular weight excluding hydrogens is 459 g/mol. The van der Waals surface area contributed by atoms with Crippen LogP contribution in [-0.4, -0.2) is 29.2 Å². The fourth-order valence-electron chi connectivity index (χ4n) is 3.37. The molecular formula is C22H18F3N3O2S2. The third kappa shape index (κ3) is 4.51. The van der Waals surface area contributed by atoms with Crippen LogP contribution >= 0.6 is 23.1 Å². The predicted octanol–water partition coefficient (Wildman–Crippen LogP) is 4.40. The molecule has 4 rings (SSSR count). The molecule has 1 aromatic heterocycles. The van der Waals surface area contributed by atoms with Gasteiger partial charge in [-0.3, -0.25) is 0 Å². The highest BCUT2D eigenvalue weighted by Crippen LogP contribution is 2.39. The maximum absolute atomic E-state index is 13.8. The van der Waals surface area contributed by atoms with Gasteiger partial charge in [0.25, 0.3) is 0 Å². The van der Waals surface area contributed by atoms with E-state index in [9.17, 15) is 18.3 Å². The molecule has 0 spiro atoms. The Morgan fingerprint density at radius 1 is 1.19 bits per heavy atom. The van der Waals surface area contributed by atoms with Gasteiger partial charge in [-0.15, -0.1) is 11.3 Å². The summed E-state index contributed by atoms with van der Waals surface area (Å²) in [6.07, 6.45) is -3.02. The molecule has 0 amide bonds. The van der Waals surface area contributed by atoms with Gasteiger partial charge in [-0.05, 0) is 46.4 Å². The number of nitrogens with zero attached hydrogens (tertiary/aromatic N) is 3. The average Bonchev–Trinajstić information content (AvgIpc) is 3.37. The van der Waals surface area contributed by atoms with Crippen molar-refractivity contribution in [3.63, 3.8) is 0 Å². The molecule has 0 aliphatic carbocycles. The summed E-state index contributed by atoms with van der Waals surface area (Å²) in [6, 6.07) is 9.25. The quantitative estimate of drug-likeness (QED) is 0.535. The fraction of sp³-hybridized carbons (Fsp3) is 0.227. The second kappa shape index (κ2) is 8.95. The summed E-state index contributed by atoms with van der Waals surface area (Å²) in [4.78, 5) is 4.63. The second-order valence-electron chi connectivity index (χ2n) is 6.86. The van der Waals surface area contributed by atoms with Gasteiger partial charge in [0.15, 0.2) is 4.34 Å². The molecule has 0 atom stereocenters. The van der Waals surface area contributed by atoms with Crippen molar-refractivity contribution in [2.75, 3.05) is 12.9 Å². The first-order valence-electron chi connectivity index (χ1n) is 9.61. The van der Waals surface area contributed by atoms with Crippen LogP contribution in [0.5, 0.6) is 11.6 Å². The maximum Gasteiger partial charge on any atom is 0.416 e. The van der Waals surface area contributed by atoms with Crippen LogP contribution in [0.25, 0.3) is 5.57 Å². The number of benzene rings is 2. The van der Waals surface area contributed by atoms with E-state index in [2.05, 4.69) is 15.2 Å². The lowest BCUT2D eigenvalue weighted by atomic mass is 9.96. The van der Waals surface area contributed by atoms with Crippen molar-refractivity contribution in [2.24, 2.45) is 10.2 Å². The molecule has 0 fully saturated rings. The normalized spacial score (nSPS) is 13.7. The summed E-state index contributed by atoms with van der Waals surface area (Å²) in [5.41, 5.74) is 0.600. The van der Waals surface area contributed by atoms with E-state index < -0.39 is 11.7 Å². The van der Waals surface area contributed by atoms with Crippen molar-refractivity contribution in [2.45, 2.75) is 23.9 Å². The summed E-state index contributed by atoms with van der Waals surface area (Å²) < 4.78 is 47.1. The van der Waals surface area contributed by atoms with Crippen LogP contribution in [-0.2, 0) is 12.6 Å². The largest absolute Gasteiger partial charge is 0.497 e. The lowest BCUT2D eigenvalue weighted by Gasteiger charge is -2.15. The first-order chi connectivity index (χ1) is 15.3. The zero-order valence-electron chi connectivity index (χ0n) is 17.1. The number of halogens is 3. The SMILES string of the molecule is CCSc1nc(O)c(C(Cc2ccc(OC)cc2C(F)(F)F)=c2ccc3c(c2)C=NN=3)s1. The molecule has 1 aliphatic heterocycles. The summed E-state index contributed by atoms with van der Waals surface area (Å²) in [6.45, 7) is 1.96. The summed E-state index contributed by atoms with van der Waals surface area (Å²) >= 11 is 2.73. The Labute approximate surface area is 190 Å². The Balaban J connectivity index is 1.92. The molecule has 0 radical (unpaired) electrons. The molecule has 2 aromatic carbocycles. The first-order valence-corrected chi connectivity index (χ1v) is 11.4. The predicted molar refractivity (Wildman–Crippen MR) is 119 cm³/mol. The van der Waals surface area contributed by atoms with Crippen LogP contribution in [0, 0.1) is 0 Å². The zero-order chi connectivity index (χ0) is 22.9. The number of fused-ring (bicyclic) bond motifs is 1. The minimum atomic E-state index is -4.56. The molecule has 32 heavy (non-hydrogen) atoms. The molecule has 1 N–H and O–H groups in total. The Morgan fingerprint density at radius 3 is 2.72 bits per heavy atom. The van der Waals surface area contributed by atoms with Gasteiger partial charge in [0.1, 0.15) is 5.75 Å². The van der Waals surface area contributed by atoms with Crippen LogP contribution in [0.1, 0.15) is 28.5 Å². The van der Waals surface area contributed by atoms with Crippen LogP contribution < -0.4 is 15.3 Å². The topological polar surface area (TPSA) is 67.1 Å². The first kappa shape index (κ1) is 22.3. The number of thioether (sulfide) groups is 1. The molecule has 0 saturated heterocycles. The minimum Gasteiger partial charge on any atom is -0.497 e. The molecule has 5 nitrogen and oxygen atoms in total. The lowest BCUT2D eigenvalue weighted by Crippen LogP contribution is -2.17. The number of aromatic hydroxyl groups is 1. The van der Waals surface area contributed by atoms with Gasteiger partial charge < -0.3 is 9.84 Å². The van der Waals surface area contributed by atoms with E-state index in [1.54, 1.807) is 18.3 Å². The zero-order valence-corrected chi connectivity index (χ0v) is 18.7. The number of aromatic nitrogens is 1. The van der Waals surface area contributed by atoms with Gasteiger partial charge in [0.05, 0.1) is 29.1 Å². The molecule has 166 valence electrons. The number of hydrogen-bond donors (Lipinski definition) is 1. The van der Waals surface area contributed by atoms with Crippen LogP contribution in [0.2, 0.25) is 0 Å². The Hall–Kier alpha value is -2.85. The Bertz CT molecular complexity index is 1320. The van der Waals surface area contributed by atoms with Gasteiger partial charge in [-0.25, -0.2) is 0 Å². The molecule has 2 heterocycles. The number of alkyl halides is 3. The molecule has 0 saturated carbocycles. The van der Waals surface area contributed by atoms with E-state index in [4.69, 9.17) is 4.74 Å². The number of rotatable bonds is 6. The second-order valence-corrected chi connectivity index (χ2v) is 9.37. The van der Waals surface area contributed by atoms with Crippen LogP contribution in [0.3, 0.4) is 0 Å². The third-order valence-electron chi connectivity index (χ3n) is 4.86. The van der Waals surface area contributed by atoms with Crippen LogP contribution in [0.15, 0.2) is 50.9 Å². The van der Waals surface area contributed by atoms with Crippen molar-refractivity contribution in [3.05, 3.63) is 68.5 Å².